The Morgan fingerprint density at radius 3 is 2.88 bits per heavy atom. The molecule has 17 heavy (non-hydrogen) atoms. The van der Waals surface area contributed by atoms with Gasteiger partial charge in [-0.1, -0.05) is 12.1 Å². The molecular formula is C13H17FN2O. The zero-order valence-electron chi connectivity index (χ0n) is 9.71. The van der Waals surface area contributed by atoms with Gasteiger partial charge in [-0.05, 0) is 43.4 Å². The monoisotopic (exact) mass is 236 g/mol. The van der Waals surface area contributed by atoms with Crippen LogP contribution in [0.2, 0.25) is 0 Å². The van der Waals surface area contributed by atoms with Crippen LogP contribution in [0.5, 0.6) is 0 Å². The lowest BCUT2D eigenvalue weighted by Crippen LogP contribution is -2.45. The predicted molar refractivity (Wildman–Crippen MR) is 64.3 cm³/mol. The van der Waals surface area contributed by atoms with E-state index in [1.54, 1.807) is 6.07 Å². The smallest absolute Gasteiger partial charge is 0.315 e. The molecule has 0 aliphatic heterocycles. The first kappa shape index (κ1) is 11.9. The zero-order chi connectivity index (χ0) is 12.1. The number of carbonyl (C=O) groups is 1. The molecule has 1 aromatic rings. The third kappa shape index (κ3) is 3.73. The summed E-state index contributed by atoms with van der Waals surface area (Å²) in [4.78, 5) is 11.4. The van der Waals surface area contributed by atoms with Crippen molar-refractivity contribution in [2.45, 2.75) is 31.7 Å². The molecule has 0 radical (unpaired) electrons. The largest absolute Gasteiger partial charge is 0.338 e. The second-order valence-electron chi connectivity index (χ2n) is 4.41. The minimum absolute atomic E-state index is 0.119. The Hall–Kier alpha value is -1.58. The molecule has 0 bridgehead atoms. The highest BCUT2D eigenvalue weighted by atomic mass is 19.1. The molecule has 4 heteroatoms. The molecule has 92 valence electrons. The van der Waals surface area contributed by atoms with Gasteiger partial charge in [-0.2, -0.15) is 0 Å². The number of hydrogen-bond donors (Lipinski definition) is 2. The van der Waals surface area contributed by atoms with Crippen molar-refractivity contribution >= 4 is 6.03 Å². The van der Waals surface area contributed by atoms with Crippen LogP contribution in [0.15, 0.2) is 24.3 Å². The fourth-order valence-corrected chi connectivity index (χ4v) is 1.80. The zero-order valence-corrected chi connectivity index (χ0v) is 9.71. The fourth-order valence-electron chi connectivity index (χ4n) is 1.80. The van der Waals surface area contributed by atoms with E-state index in [0.717, 1.165) is 18.4 Å². The SMILES string of the molecule is O=C(NCCc1cccc(F)c1)NC1CCC1. The van der Waals surface area contributed by atoms with Crippen LogP contribution >= 0.6 is 0 Å². The Morgan fingerprint density at radius 1 is 1.41 bits per heavy atom. The normalized spacial score (nSPS) is 15.1. The van der Waals surface area contributed by atoms with Gasteiger partial charge in [-0.25, -0.2) is 9.18 Å². The molecule has 1 aliphatic carbocycles. The van der Waals surface area contributed by atoms with Gasteiger partial charge < -0.3 is 10.6 Å². The Balaban J connectivity index is 1.66. The number of hydrogen-bond acceptors (Lipinski definition) is 1. The van der Waals surface area contributed by atoms with Crippen molar-refractivity contribution in [3.05, 3.63) is 35.6 Å². The third-order valence-corrected chi connectivity index (χ3v) is 3.03. The molecule has 1 saturated carbocycles. The molecule has 2 amide bonds. The van der Waals surface area contributed by atoms with Gasteiger partial charge in [0.1, 0.15) is 5.82 Å². The van der Waals surface area contributed by atoms with Crippen LogP contribution in [0.3, 0.4) is 0 Å². The van der Waals surface area contributed by atoms with E-state index in [2.05, 4.69) is 10.6 Å². The van der Waals surface area contributed by atoms with Crippen LogP contribution < -0.4 is 10.6 Å². The topological polar surface area (TPSA) is 41.1 Å². The van der Waals surface area contributed by atoms with Crippen LogP contribution in [0.1, 0.15) is 24.8 Å². The highest BCUT2D eigenvalue weighted by Crippen LogP contribution is 2.17. The van der Waals surface area contributed by atoms with Crippen molar-refractivity contribution in [1.82, 2.24) is 10.6 Å². The van der Waals surface area contributed by atoms with E-state index in [4.69, 9.17) is 0 Å². The van der Waals surface area contributed by atoms with Gasteiger partial charge in [0.05, 0.1) is 0 Å². The van der Waals surface area contributed by atoms with E-state index in [0.29, 0.717) is 19.0 Å². The van der Waals surface area contributed by atoms with Crippen molar-refractivity contribution in [3.8, 4) is 0 Å². The Morgan fingerprint density at radius 2 is 2.24 bits per heavy atom. The average Bonchev–Trinajstić information content (AvgIpc) is 2.24. The van der Waals surface area contributed by atoms with Crippen molar-refractivity contribution in [2.75, 3.05) is 6.54 Å². The summed E-state index contributed by atoms with van der Waals surface area (Å²) >= 11 is 0. The number of nitrogens with one attached hydrogen (secondary N) is 2. The molecule has 0 spiro atoms. The van der Waals surface area contributed by atoms with Crippen molar-refractivity contribution in [1.29, 1.82) is 0 Å². The summed E-state index contributed by atoms with van der Waals surface area (Å²) in [5.41, 5.74) is 0.897. The van der Waals surface area contributed by atoms with E-state index >= 15 is 0 Å². The molecule has 0 atom stereocenters. The van der Waals surface area contributed by atoms with Gasteiger partial charge in [0.2, 0.25) is 0 Å². The van der Waals surface area contributed by atoms with Crippen LogP contribution in [-0.4, -0.2) is 18.6 Å². The lowest BCUT2D eigenvalue weighted by molar-refractivity contribution is 0.228. The van der Waals surface area contributed by atoms with E-state index in [9.17, 15) is 9.18 Å². The summed E-state index contributed by atoms with van der Waals surface area (Å²) < 4.78 is 12.9. The van der Waals surface area contributed by atoms with Crippen molar-refractivity contribution in [2.24, 2.45) is 0 Å². The van der Waals surface area contributed by atoms with E-state index < -0.39 is 0 Å². The molecule has 1 aromatic carbocycles. The van der Waals surface area contributed by atoms with Crippen molar-refractivity contribution in [3.63, 3.8) is 0 Å². The first-order valence-corrected chi connectivity index (χ1v) is 6.03. The third-order valence-electron chi connectivity index (χ3n) is 3.03. The number of benzene rings is 1. The first-order chi connectivity index (χ1) is 8.24. The number of urea groups is 1. The molecule has 1 aliphatic rings. The fraction of sp³-hybridized carbons (Fsp3) is 0.462. The lowest BCUT2D eigenvalue weighted by Gasteiger charge is -2.26. The average molecular weight is 236 g/mol. The summed E-state index contributed by atoms with van der Waals surface area (Å²) in [5.74, 6) is -0.235. The molecule has 1 fully saturated rings. The molecule has 0 heterocycles. The van der Waals surface area contributed by atoms with E-state index in [-0.39, 0.29) is 11.8 Å². The second-order valence-corrected chi connectivity index (χ2v) is 4.41. The van der Waals surface area contributed by atoms with Gasteiger partial charge in [-0.15, -0.1) is 0 Å². The maximum absolute atomic E-state index is 12.9. The van der Waals surface area contributed by atoms with Gasteiger partial charge >= 0.3 is 6.03 Å². The quantitative estimate of drug-likeness (QED) is 0.827. The van der Waals surface area contributed by atoms with Crippen LogP contribution in [0.4, 0.5) is 9.18 Å². The molecule has 0 saturated heterocycles. The minimum atomic E-state index is -0.235. The Labute approximate surface area is 100 Å². The summed E-state index contributed by atoms with van der Waals surface area (Å²) in [6.07, 6.45) is 4.01. The molecule has 2 N–H and O–H groups in total. The molecule has 0 unspecified atom stereocenters. The molecule has 3 nitrogen and oxygen atoms in total. The maximum Gasteiger partial charge on any atom is 0.315 e. The van der Waals surface area contributed by atoms with Gasteiger partial charge in [0, 0.05) is 12.6 Å². The number of rotatable bonds is 4. The maximum atomic E-state index is 12.9. The lowest BCUT2D eigenvalue weighted by atomic mass is 9.93. The molecular weight excluding hydrogens is 219 g/mol. The minimum Gasteiger partial charge on any atom is -0.338 e. The van der Waals surface area contributed by atoms with Crippen LogP contribution in [-0.2, 0) is 6.42 Å². The summed E-state index contributed by atoms with van der Waals surface area (Å²) in [5, 5.41) is 5.67. The van der Waals surface area contributed by atoms with Crippen molar-refractivity contribution < 1.29 is 9.18 Å². The number of amides is 2. The predicted octanol–water partition coefficient (Wildman–Crippen LogP) is 2.22. The van der Waals surface area contributed by atoms with Gasteiger partial charge in [-0.3, -0.25) is 0 Å². The van der Waals surface area contributed by atoms with E-state index in [1.807, 2.05) is 6.07 Å². The highest BCUT2D eigenvalue weighted by Gasteiger charge is 2.18. The number of halogens is 1. The summed E-state index contributed by atoms with van der Waals surface area (Å²) in [7, 11) is 0. The molecule has 0 aromatic heterocycles. The van der Waals surface area contributed by atoms with Gasteiger partial charge in [0.15, 0.2) is 0 Å². The van der Waals surface area contributed by atoms with Gasteiger partial charge in [0.25, 0.3) is 0 Å². The Bertz CT molecular complexity index is 391. The number of carbonyl (C=O) groups excluding carboxylic acids is 1. The van der Waals surface area contributed by atoms with Crippen LogP contribution in [0.25, 0.3) is 0 Å². The summed E-state index contributed by atoms with van der Waals surface area (Å²) in [6, 6.07) is 6.68. The Kier molecular flexibility index (Phi) is 3.96. The van der Waals surface area contributed by atoms with Crippen LogP contribution in [0, 0.1) is 5.82 Å². The second kappa shape index (κ2) is 5.66. The standard InChI is InChI=1S/C13H17FN2O/c14-11-4-1-3-10(9-11)7-8-15-13(17)16-12-5-2-6-12/h1,3-4,9,12H,2,5-8H2,(H2,15,16,17). The summed E-state index contributed by atoms with van der Waals surface area (Å²) in [6.45, 7) is 0.530. The molecule has 2 rings (SSSR count). The highest BCUT2D eigenvalue weighted by molar-refractivity contribution is 5.74. The van der Waals surface area contributed by atoms with E-state index in [1.165, 1.54) is 18.6 Å². The first-order valence-electron chi connectivity index (χ1n) is 6.03.